The zero-order chi connectivity index (χ0) is 16.8. The fraction of sp³-hybridized carbons (Fsp3) is 0.125. The Hall–Kier alpha value is -2.87. The van der Waals surface area contributed by atoms with Crippen LogP contribution in [0.15, 0.2) is 64.2 Å². The van der Waals surface area contributed by atoms with Crippen molar-refractivity contribution in [2.24, 2.45) is 0 Å². The molecule has 0 unspecified atom stereocenters. The van der Waals surface area contributed by atoms with E-state index in [1.807, 2.05) is 30.3 Å². The van der Waals surface area contributed by atoms with Crippen LogP contribution in [0.1, 0.15) is 11.5 Å². The number of hydrogen-bond acceptors (Lipinski definition) is 7. The van der Waals surface area contributed by atoms with Crippen LogP contribution < -0.4 is 4.74 Å². The van der Waals surface area contributed by atoms with Crippen LogP contribution in [-0.4, -0.2) is 15.1 Å². The Morgan fingerprint density at radius 2 is 1.83 bits per heavy atom. The van der Waals surface area contributed by atoms with E-state index < -0.39 is 4.92 Å². The fourth-order valence-electron chi connectivity index (χ4n) is 1.88. The molecule has 0 atom stereocenters. The van der Waals surface area contributed by atoms with Crippen LogP contribution in [0.2, 0.25) is 0 Å². The quantitative estimate of drug-likeness (QED) is 0.365. The summed E-state index contributed by atoms with van der Waals surface area (Å²) in [5.74, 6) is 1.71. The van der Waals surface area contributed by atoms with Gasteiger partial charge in [0.2, 0.25) is 0 Å². The van der Waals surface area contributed by atoms with Gasteiger partial charge in [-0.25, -0.2) is 0 Å². The van der Waals surface area contributed by atoms with Crippen molar-refractivity contribution < 1.29 is 14.1 Å². The zero-order valence-corrected chi connectivity index (χ0v) is 13.3. The predicted octanol–water partition coefficient (Wildman–Crippen LogP) is 3.85. The number of benzene rings is 2. The molecule has 7 nitrogen and oxygen atoms in total. The Balaban J connectivity index is 1.51. The Labute approximate surface area is 141 Å². The average Bonchev–Trinajstić information content (AvgIpc) is 3.07. The lowest BCUT2D eigenvalue weighted by atomic mass is 10.2. The van der Waals surface area contributed by atoms with E-state index in [4.69, 9.17) is 9.15 Å². The monoisotopic (exact) mass is 343 g/mol. The predicted molar refractivity (Wildman–Crippen MR) is 87.7 cm³/mol. The maximum Gasteiger partial charge on any atom is 0.277 e. The van der Waals surface area contributed by atoms with Crippen LogP contribution in [0.4, 0.5) is 5.69 Å². The third-order valence-electron chi connectivity index (χ3n) is 3.06. The van der Waals surface area contributed by atoms with E-state index in [2.05, 4.69) is 10.2 Å². The molecule has 0 saturated heterocycles. The van der Waals surface area contributed by atoms with E-state index in [0.29, 0.717) is 16.9 Å². The highest BCUT2D eigenvalue weighted by Crippen LogP contribution is 2.23. The van der Waals surface area contributed by atoms with Crippen molar-refractivity contribution in [3.63, 3.8) is 0 Å². The molecule has 0 aliphatic rings. The summed E-state index contributed by atoms with van der Waals surface area (Å²) in [6.07, 6.45) is 0. The molecule has 8 heteroatoms. The Bertz CT molecular complexity index is 806. The van der Waals surface area contributed by atoms with Crippen molar-refractivity contribution in [2.75, 3.05) is 0 Å². The Morgan fingerprint density at radius 1 is 1.08 bits per heavy atom. The molecule has 0 saturated carbocycles. The van der Waals surface area contributed by atoms with E-state index in [0.717, 1.165) is 11.3 Å². The summed E-state index contributed by atoms with van der Waals surface area (Å²) in [5.41, 5.74) is 1.01. The van der Waals surface area contributed by atoms with Crippen molar-refractivity contribution in [3.05, 3.63) is 76.2 Å². The second-order valence-electron chi connectivity index (χ2n) is 4.78. The normalized spacial score (nSPS) is 10.5. The van der Waals surface area contributed by atoms with Gasteiger partial charge < -0.3 is 9.15 Å². The highest BCUT2D eigenvalue weighted by molar-refractivity contribution is 7.98. The van der Waals surface area contributed by atoms with Crippen LogP contribution in [0.5, 0.6) is 5.75 Å². The first-order valence-electron chi connectivity index (χ1n) is 7.07. The third kappa shape index (κ3) is 4.32. The van der Waals surface area contributed by atoms with Gasteiger partial charge in [0, 0.05) is 17.9 Å². The first-order chi connectivity index (χ1) is 11.7. The summed E-state index contributed by atoms with van der Waals surface area (Å²) < 4.78 is 11.0. The zero-order valence-electron chi connectivity index (χ0n) is 12.5. The van der Waals surface area contributed by atoms with Crippen molar-refractivity contribution in [1.82, 2.24) is 10.2 Å². The molecule has 0 bridgehead atoms. The molecule has 0 N–H and O–H groups in total. The lowest BCUT2D eigenvalue weighted by molar-refractivity contribution is -0.384. The lowest BCUT2D eigenvalue weighted by Crippen LogP contribution is -1.95. The summed E-state index contributed by atoms with van der Waals surface area (Å²) in [7, 11) is 0. The van der Waals surface area contributed by atoms with Crippen LogP contribution in [-0.2, 0) is 12.4 Å². The number of non-ortho nitro benzene ring substituents is 1. The third-order valence-corrected chi connectivity index (χ3v) is 3.95. The van der Waals surface area contributed by atoms with Gasteiger partial charge in [0.05, 0.1) is 4.92 Å². The number of hydrogen-bond donors (Lipinski definition) is 0. The van der Waals surface area contributed by atoms with Gasteiger partial charge in [-0.15, -0.1) is 10.2 Å². The van der Waals surface area contributed by atoms with Gasteiger partial charge >= 0.3 is 0 Å². The van der Waals surface area contributed by atoms with Gasteiger partial charge in [-0.2, -0.15) is 0 Å². The summed E-state index contributed by atoms with van der Waals surface area (Å²) >= 11 is 1.36. The molecule has 0 aliphatic carbocycles. The molecule has 122 valence electrons. The SMILES string of the molecule is O=[N+]([O-])c1ccc(CSc2nnc(COc3ccccc3)o2)cc1. The number of ether oxygens (including phenoxy) is 1. The molecule has 1 heterocycles. The molecule has 3 aromatic rings. The van der Waals surface area contributed by atoms with Crippen LogP contribution in [0, 0.1) is 10.1 Å². The molecule has 0 fully saturated rings. The average molecular weight is 343 g/mol. The first-order valence-corrected chi connectivity index (χ1v) is 8.05. The van der Waals surface area contributed by atoms with Gasteiger partial charge in [0.15, 0.2) is 6.61 Å². The Kier molecular flexibility index (Phi) is 5.07. The summed E-state index contributed by atoms with van der Waals surface area (Å²) in [6.45, 7) is 0.203. The molecular formula is C16H13N3O4S. The molecule has 0 aliphatic heterocycles. The van der Waals surface area contributed by atoms with Gasteiger partial charge in [-0.3, -0.25) is 10.1 Å². The largest absolute Gasteiger partial charge is 0.484 e. The number of aromatic nitrogens is 2. The number of thioether (sulfide) groups is 1. The minimum atomic E-state index is -0.423. The number of nitrogens with zero attached hydrogens (tertiary/aromatic N) is 3. The molecular weight excluding hydrogens is 330 g/mol. The lowest BCUT2D eigenvalue weighted by Gasteiger charge is -2.01. The summed E-state index contributed by atoms with van der Waals surface area (Å²) in [4.78, 5) is 10.2. The minimum absolute atomic E-state index is 0.0712. The maximum atomic E-state index is 10.6. The van der Waals surface area contributed by atoms with Crippen molar-refractivity contribution >= 4 is 17.4 Å². The van der Waals surface area contributed by atoms with E-state index in [1.165, 1.54) is 23.9 Å². The van der Waals surface area contributed by atoms with E-state index in [1.54, 1.807) is 12.1 Å². The molecule has 0 spiro atoms. The van der Waals surface area contributed by atoms with Crippen molar-refractivity contribution in [2.45, 2.75) is 17.6 Å². The molecule has 24 heavy (non-hydrogen) atoms. The second-order valence-corrected chi connectivity index (χ2v) is 5.70. The second kappa shape index (κ2) is 7.60. The summed E-state index contributed by atoms with van der Waals surface area (Å²) in [5, 5.41) is 18.9. The van der Waals surface area contributed by atoms with Gasteiger partial charge in [-0.05, 0) is 17.7 Å². The van der Waals surface area contributed by atoms with Crippen molar-refractivity contribution in [1.29, 1.82) is 0 Å². The van der Waals surface area contributed by atoms with E-state index >= 15 is 0 Å². The highest BCUT2D eigenvalue weighted by atomic mass is 32.2. The molecule has 1 aromatic heterocycles. The number of para-hydroxylation sites is 1. The smallest absolute Gasteiger partial charge is 0.277 e. The number of nitro benzene ring substituents is 1. The Morgan fingerprint density at radius 3 is 2.54 bits per heavy atom. The highest BCUT2D eigenvalue weighted by Gasteiger charge is 2.09. The maximum absolute atomic E-state index is 10.6. The van der Waals surface area contributed by atoms with Gasteiger partial charge in [-0.1, -0.05) is 42.1 Å². The molecule has 0 amide bonds. The van der Waals surface area contributed by atoms with E-state index in [-0.39, 0.29) is 12.3 Å². The van der Waals surface area contributed by atoms with Crippen molar-refractivity contribution in [3.8, 4) is 5.75 Å². The molecule has 0 radical (unpaired) electrons. The van der Waals surface area contributed by atoms with Crippen LogP contribution in [0.3, 0.4) is 0 Å². The summed E-state index contributed by atoms with van der Waals surface area (Å²) in [6, 6.07) is 15.7. The van der Waals surface area contributed by atoms with Gasteiger partial charge in [0.25, 0.3) is 16.8 Å². The minimum Gasteiger partial charge on any atom is -0.484 e. The van der Waals surface area contributed by atoms with E-state index in [9.17, 15) is 10.1 Å². The topological polar surface area (TPSA) is 91.3 Å². The number of rotatable bonds is 7. The van der Waals surface area contributed by atoms with Crippen LogP contribution in [0.25, 0.3) is 0 Å². The molecule has 2 aromatic carbocycles. The van der Waals surface area contributed by atoms with Crippen LogP contribution >= 0.6 is 11.8 Å². The van der Waals surface area contributed by atoms with Gasteiger partial charge in [0.1, 0.15) is 5.75 Å². The number of nitro groups is 1. The first kappa shape index (κ1) is 16.0. The molecule has 3 rings (SSSR count). The fourth-order valence-corrected chi connectivity index (χ4v) is 2.61. The standard InChI is InChI=1S/C16H13N3O4S/c20-19(21)13-8-6-12(7-9-13)11-24-16-18-17-15(23-16)10-22-14-4-2-1-3-5-14/h1-9H,10-11H2.